The highest BCUT2D eigenvalue weighted by atomic mass is 32.2. The van der Waals surface area contributed by atoms with Crippen LogP contribution in [0.15, 0.2) is 4.99 Å². The maximum absolute atomic E-state index is 6.06. The van der Waals surface area contributed by atoms with E-state index in [-0.39, 0.29) is 6.10 Å². The van der Waals surface area contributed by atoms with Gasteiger partial charge in [0.1, 0.15) is 0 Å². The summed E-state index contributed by atoms with van der Waals surface area (Å²) in [5, 5.41) is 0. The van der Waals surface area contributed by atoms with Gasteiger partial charge in [-0.1, -0.05) is 6.42 Å². The molecule has 1 atom stereocenters. The summed E-state index contributed by atoms with van der Waals surface area (Å²) in [7, 11) is 0. The lowest BCUT2D eigenvalue weighted by Gasteiger charge is -2.39. The number of thioether (sulfide) groups is 1. The van der Waals surface area contributed by atoms with Gasteiger partial charge in [0, 0.05) is 17.8 Å². The van der Waals surface area contributed by atoms with Crippen LogP contribution in [0.25, 0.3) is 0 Å². The first-order valence-corrected chi connectivity index (χ1v) is 7.59. The van der Waals surface area contributed by atoms with Gasteiger partial charge in [-0.15, -0.1) is 0 Å². The van der Waals surface area contributed by atoms with Crippen LogP contribution in [0.2, 0.25) is 0 Å². The van der Waals surface area contributed by atoms with Crippen molar-refractivity contribution in [3.8, 4) is 0 Å². The first kappa shape index (κ1) is 13.0. The van der Waals surface area contributed by atoms with E-state index >= 15 is 0 Å². The van der Waals surface area contributed by atoms with Crippen molar-refractivity contribution >= 4 is 17.7 Å². The molecule has 0 aromatic heterocycles. The van der Waals surface area contributed by atoms with E-state index in [1.165, 1.54) is 19.3 Å². The molecule has 0 amide bonds. The Kier molecular flexibility index (Phi) is 4.20. The zero-order valence-corrected chi connectivity index (χ0v) is 11.6. The molecule has 1 heterocycles. The molecule has 2 aliphatic rings. The average molecular weight is 257 g/mol. The molecule has 0 spiro atoms. The van der Waals surface area contributed by atoms with E-state index in [2.05, 4.69) is 23.1 Å². The van der Waals surface area contributed by atoms with E-state index in [1.54, 1.807) is 0 Å². The molecule has 0 aromatic carbocycles. The van der Waals surface area contributed by atoms with E-state index < -0.39 is 0 Å². The van der Waals surface area contributed by atoms with Gasteiger partial charge in [-0.05, 0) is 26.0 Å². The third-order valence-electron chi connectivity index (χ3n) is 3.79. The van der Waals surface area contributed by atoms with Crippen molar-refractivity contribution in [3.63, 3.8) is 0 Å². The first-order chi connectivity index (χ1) is 8.15. The van der Waals surface area contributed by atoms with Crippen LogP contribution < -0.4 is 5.73 Å². The van der Waals surface area contributed by atoms with Crippen LogP contribution in [-0.4, -0.2) is 54.2 Å². The van der Waals surface area contributed by atoms with Crippen molar-refractivity contribution in [2.24, 2.45) is 10.7 Å². The molecule has 0 radical (unpaired) electrons. The van der Waals surface area contributed by atoms with E-state index in [0.717, 1.165) is 26.2 Å². The molecule has 1 saturated heterocycles. The van der Waals surface area contributed by atoms with Crippen molar-refractivity contribution in [2.45, 2.75) is 37.0 Å². The number of aliphatic imine (C=N–C) groups is 1. The van der Waals surface area contributed by atoms with Crippen LogP contribution >= 0.6 is 11.8 Å². The minimum absolute atomic E-state index is 0.260. The Morgan fingerprint density at radius 1 is 1.59 bits per heavy atom. The van der Waals surface area contributed by atoms with Crippen LogP contribution in [0.1, 0.15) is 26.2 Å². The lowest BCUT2D eigenvalue weighted by atomic mass is 9.84. The highest BCUT2D eigenvalue weighted by molar-refractivity contribution is 8.00. The fourth-order valence-corrected chi connectivity index (χ4v) is 3.24. The predicted molar refractivity (Wildman–Crippen MR) is 73.6 cm³/mol. The number of morpholine rings is 1. The Bertz CT molecular complexity index is 286. The standard InChI is InChI=1S/C12H23N3OS/c1-10-8-15(6-7-16-10)11(13)14-9-12(17-2)4-3-5-12/h10H,3-9H2,1-2H3,(H2,13,14). The third-order valence-corrected chi connectivity index (χ3v) is 5.20. The molecule has 2 fully saturated rings. The average Bonchev–Trinajstić information content (AvgIpc) is 2.28. The molecule has 17 heavy (non-hydrogen) atoms. The van der Waals surface area contributed by atoms with Crippen molar-refractivity contribution in [1.29, 1.82) is 0 Å². The van der Waals surface area contributed by atoms with Gasteiger partial charge in [-0.3, -0.25) is 4.99 Å². The molecule has 2 rings (SSSR count). The summed E-state index contributed by atoms with van der Waals surface area (Å²) >= 11 is 1.94. The van der Waals surface area contributed by atoms with Gasteiger partial charge < -0.3 is 15.4 Å². The molecule has 1 aliphatic carbocycles. The Balaban J connectivity index is 1.87. The van der Waals surface area contributed by atoms with Gasteiger partial charge in [0.2, 0.25) is 0 Å². The second-order valence-electron chi connectivity index (χ2n) is 5.04. The topological polar surface area (TPSA) is 50.8 Å². The Morgan fingerprint density at radius 2 is 2.35 bits per heavy atom. The number of ether oxygens (including phenoxy) is 1. The van der Waals surface area contributed by atoms with E-state index in [0.29, 0.717) is 10.7 Å². The minimum atomic E-state index is 0.260. The Labute approximate surface area is 108 Å². The number of guanidine groups is 1. The fourth-order valence-electron chi connectivity index (χ4n) is 2.35. The molecule has 1 saturated carbocycles. The zero-order chi connectivity index (χ0) is 12.3. The van der Waals surface area contributed by atoms with Crippen LogP contribution in [-0.2, 0) is 4.74 Å². The third kappa shape index (κ3) is 3.07. The molecule has 98 valence electrons. The molecular formula is C12H23N3OS. The SMILES string of the molecule is CSC1(CN=C(N)N2CCOC(C)C2)CCC1. The lowest BCUT2D eigenvalue weighted by Crippen LogP contribution is -2.48. The number of hydrogen-bond acceptors (Lipinski definition) is 3. The molecule has 0 aromatic rings. The normalized spacial score (nSPS) is 28.9. The van der Waals surface area contributed by atoms with Gasteiger partial charge in [-0.25, -0.2) is 0 Å². The molecule has 4 nitrogen and oxygen atoms in total. The summed E-state index contributed by atoms with van der Waals surface area (Å²) in [5.41, 5.74) is 6.06. The maximum atomic E-state index is 6.06. The predicted octanol–water partition coefficient (Wildman–Crippen LogP) is 1.31. The van der Waals surface area contributed by atoms with Crippen molar-refractivity contribution in [2.75, 3.05) is 32.5 Å². The van der Waals surface area contributed by atoms with E-state index in [4.69, 9.17) is 10.5 Å². The first-order valence-electron chi connectivity index (χ1n) is 6.37. The summed E-state index contributed by atoms with van der Waals surface area (Å²) in [4.78, 5) is 6.73. The Morgan fingerprint density at radius 3 is 2.88 bits per heavy atom. The maximum Gasteiger partial charge on any atom is 0.191 e. The molecular weight excluding hydrogens is 234 g/mol. The van der Waals surface area contributed by atoms with Crippen LogP contribution in [0, 0.1) is 0 Å². The molecule has 1 unspecified atom stereocenters. The second kappa shape index (κ2) is 5.48. The lowest BCUT2D eigenvalue weighted by molar-refractivity contribution is 0.00527. The smallest absolute Gasteiger partial charge is 0.191 e. The van der Waals surface area contributed by atoms with Gasteiger partial charge in [0.25, 0.3) is 0 Å². The van der Waals surface area contributed by atoms with Gasteiger partial charge in [0.15, 0.2) is 5.96 Å². The summed E-state index contributed by atoms with van der Waals surface area (Å²) < 4.78 is 5.88. The summed E-state index contributed by atoms with van der Waals surface area (Å²) in [6, 6.07) is 0. The quantitative estimate of drug-likeness (QED) is 0.612. The van der Waals surface area contributed by atoms with Crippen LogP contribution in [0.3, 0.4) is 0 Å². The van der Waals surface area contributed by atoms with Crippen molar-refractivity contribution in [1.82, 2.24) is 4.90 Å². The highest BCUT2D eigenvalue weighted by Crippen LogP contribution is 2.42. The highest BCUT2D eigenvalue weighted by Gasteiger charge is 2.36. The van der Waals surface area contributed by atoms with Gasteiger partial charge in [0.05, 0.1) is 19.3 Å². The second-order valence-corrected chi connectivity index (χ2v) is 6.32. The van der Waals surface area contributed by atoms with Gasteiger partial charge >= 0.3 is 0 Å². The van der Waals surface area contributed by atoms with Gasteiger partial charge in [-0.2, -0.15) is 11.8 Å². The monoisotopic (exact) mass is 257 g/mol. The summed E-state index contributed by atoms with van der Waals surface area (Å²) in [6.07, 6.45) is 6.34. The molecule has 0 bridgehead atoms. The van der Waals surface area contributed by atoms with E-state index in [9.17, 15) is 0 Å². The minimum Gasteiger partial charge on any atom is -0.375 e. The largest absolute Gasteiger partial charge is 0.375 e. The fraction of sp³-hybridized carbons (Fsp3) is 0.917. The van der Waals surface area contributed by atoms with Crippen LogP contribution in [0.4, 0.5) is 0 Å². The molecule has 1 aliphatic heterocycles. The number of nitrogens with zero attached hydrogens (tertiary/aromatic N) is 2. The summed E-state index contributed by atoms with van der Waals surface area (Å²) in [5.74, 6) is 0.695. The molecule has 2 N–H and O–H groups in total. The summed E-state index contributed by atoms with van der Waals surface area (Å²) in [6.45, 7) is 5.43. The van der Waals surface area contributed by atoms with Crippen molar-refractivity contribution in [3.05, 3.63) is 0 Å². The number of rotatable bonds is 3. The zero-order valence-electron chi connectivity index (χ0n) is 10.8. The van der Waals surface area contributed by atoms with Crippen molar-refractivity contribution < 1.29 is 4.74 Å². The van der Waals surface area contributed by atoms with E-state index in [1.807, 2.05) is 11.8 Å². The number of nitrogens with two attached hydrogens (primary N) is 1. The number of hydrogen-bond donors (Lipinski definition) is 1. The Hall–Kier alpha value is -0.420. The molecule has 5 heteroatoms. The van der Waals surface area contributed by atoms with Crippen LogP contribution in [0.5, 0.6) is 0 Å².